The molecule has 1 amide bonds. The summed E-state index contributed by atoms with van der Waals surface area (Å²) in [6.07, 6.45) is 2.33. The van der Waals surface area contributed by atoms with E-state index in [1.165, 1.54) is 16.2 Å². The molecule has 0 aromatic carbocycles. The summed E-state index contributed by atoms with van der Waals surface area (Å²) in [4.78, 5) is 13.1. The van der Waals surface area contributed by atoms with Crippen LogP contribution in [0.2, 0.25) is 0 Å². The van der Waals surface area contributed by atoms with Crippen LogP contribution in [0.25, 0.3) is 0 Å². The molecule has 0 spiro atoms. The summed E-state index contributed by atoms with van der Waals surface area (Å²) in [5, 5.41) is 13.8. The van der Waals surface area contributed by atoms with Gasteiger partial charge in [-0.05, 0) is 31.2 Å². The fraction of sp³-hybridized carbons (Fsp3) is 0.417. The van der Waals surface area contributed by atoms with Gasteiger partial charge in [0.1, 0.15) is 5.01 Å². The third-order valence-electron chi connectivity index (χ3n) is 2.61. The fourth-order valence-electron chi connectivity index (χ4n) is 1.67. The van der Waals surface area contributed by atoms with E-state index in [4.69, 9.17) is 5.73 Å². The first-order valence-corrected chi connectivity index (χ1v) is 7.75. The second kappa shape index (κ2) is 6.63. The van der Waals surface area contributed by atoms with Crippen LogP contribution in [0, 0.1) is 0 Å². The monoisotopic (exact) mass is 296 g/mol. The van der Waals surface area contributed by atoms with E-state index in [-0.39, 0.29) is 11.9 Å². The van der Waals surface area contributed by atoms with Crippen molar-refractivity contribution in [3.8, 4) is 0 Å². The van der Waals surface area contributed by atoms with Gasteiger partial charge in [0.25, 0.3) is 0 Å². The SMILES string of the molecule is C[C@@H](NC(=O)CCCc1cccs1)c1nnc(N)s1. The molecule has 102 valence electrons. The molecule has 2 rings (SSSR count). The lowest BCUT2D eigenvalue weighted by Gasteiger charge is -2.10. The van der Waals surface area contributed by atoms with Crippen LogP contribution in [-0.4, -0.2) is 16.1 Å². The maximum atomic E-state index is 11.8. The zero-order chi connectivity index (χ0) is 13.7. The Balaban J connectivity index is 1.72. The Morgan fingerprint density at radius 2 is 2.37 bits per heavy atom. The lowest BCUT2D eigenvalue weighted by molar-refractivity contribution is -0.121. The van der Waals surface area contributed by atoms with E-state index in [9.17, 15) is 4.79 Å². The number of thiophene rings is 1. The molecule has 19 heavy (non-hydrogen) atoms. The van der Waals surface area contributed by atoms with E-state index < -0.39 is 0 Å². The van der Waals surface area contributed by atoms with Crippen molar-refractivity contribution in [3.05, 3.63) is 27.4 Å². The molecule has 5 nitrogen and oxygen atoms in total. The minimum Gasteiger partial charge on any atom is -0.374 e. The quantitative estimate of drug-likeness (QED) is 0.857. The van der Waals surface area contributed by atoms with Crippen molar-refractivity contribution in [3.63, 3.8) is 0 Å². The van der Waals surface area contributed by atoms with Gasteiger partial charge in [0.05, 0.1) is 6.04 Å². The van der Waals surface area contributed by atoms with Crippen molar-refractivity contribution < 1.29 is 4.79 Å². The van der Waals surface area contributed by atoms with E-state index >= 15 is 0 Å². The number of hydrogen-bond acceptors (Lipinski definition) is 6. The van der Waals surface area contributed by atoms with Gasteiger partial charge in [0.2, 0.25) is 11.0 Å². The normalized spacial score (nSPS) is 12.3. The molecule has 2 heterocycles. The highest BCUT2D eigenvalue weighted by molar-refractivity contribution is 7.15. The number of nitrogen functional groups attached to an aromatic ring is 1. The van der Waals surface area contributed by atoms with E-state index in [0.717, 1.165) is 17.8 Å². The number of nitrogens with two attached hydrogens (primary N) is 1. The summed E-state index contributed by atoms with van der Waals surface area (Å²) in [6, 6.07) is 3.99. The lowest BCUT2D eigenvalue weighted by Crippen LogP contribution is -2.26. The van der Waals surface area contributed by atoms with E-state index in [2.05, 4.69) is 27.0 Å². The highest BCUT2D eigenvalue weighted by Gasteiger charge is 2.13. The smallest absolute Gasteiger partial charge is 0.220 e. The van der Waals surface area contributed by atoms with Crippen molar-refractivity contribution in [2.45, 2.75) is 32.2 Å². The van der Waals surface area contributed by atoms with Gasteiger partial charge in [-0.1, -0.05) is 17.4 Å². The number of nitrogens with zero attached hydrogens (tertiary/aromatic N) is 2. The number of carbonyl (C=O) groups is 1. The number of anilines is 1. The number of aryl methyl sites for hydroxylation is 1. The number of rotatable bonds is 6. The number of carbonyl (C=O) groups excluding carboxylic acids is 1. The lowest BCUT2D eigenvalue weighted by atomic mass is 10.2. The summed E-state index contributed by atoms with van der Waals surface area (Å²) in [5.74, 6) is 0.0397. The van der Waals surface area contributed by atoms with Crippen LogP contribution in [0.5, 0.6) is 0 Å². The van der Waals surface area contributed by atoms with Crippen molar-refractivity contribution in [1.82, 2.24) is 15.5 Å². The molecule has 0 aliphatic carbocycles. The fourth-order valence-corrected chi connectivity index (χ4v) is 3.04. The average molecular weight is 296 g/mol. The molecule has 7 heteroatoms. The Bertz CT molecular complexity index is 524. The minimum atomic E-state index is -0.135. The Morgan fingerprint density at radius 1 is 1.53 bits per heavy atom. The van der Waals surface area contributed by atoms with Crippen LogP contribution in [0.15, 0.2) is 17.5 Å². The maximum Gasteiger partial charge on any atom is 0.220 e. The minimum absolute atomic E-state index is 0.0397. The summed E-state index contributed by atoms with van der Waals surface area (Å²) in [7, 11) is 0. The zero-order valence-corrected chi connectivity index (χ0v) is 12.3. The first-order valence-electron chi connectivity index (χ1n) is 6.06. The van der Waals surface area contributed by atoms with Gasteiger partial charge < -0.3 is 11.1 Å². The largest absolute Gasteiger partial charge is 0.374 e. The number of aromatic nitrogens is 2. The van der Waals surface area contributed by atoms with Crippen LogP contribution in [0.1, 0.15) is 35.7 Å². The predicted molar refractivity (Wildman–Crippen MR) is 78.1 cm³/mol. The van der Waals surface area contributed by atoms with Crippen molar-refractivity contribution in [1.29, 1.82) is 0 Å². The van der Waals surface area contributed by atoms with E-state index in [0.29, 0.717) is 11.6 Å². The molecule has 3 N–H and O–H groups in total. The summed E-state index contributed by atoms with van der Waals surface area (Å²) in [5.41, 5.74) is 5.51. The number of hydrogen-bond donors (Lipinski definition) is 2. The van der Waals surface area contributed by atoms with E-state index in [1.54, 1.807) is 11.3 Å². The third-order valence-corrected chi connectivity index (χ3v) is 4.48. The number of amides is 1. The molecule has 0 fully saturated rings. The highest BCUT2D eigenvalue weighted by atomic mass is 32.1. The molecule has 1 atom stereocenters. The molecular weight excluding hydrogens is 280 g/mol. The highest BCUT2D eigenvalue weighted by Crippen LogP contribution is 2.19. The first-order chi connectivity index (χ1) is 9.15. The van der Waals surface area contributed by atoms with Gasteiger partial charge in [-0.2, -0.15) is 0 Å². The third kappa shape index (κ3) is 4.29. The molecule has 0 saturated carbocycles. The van der Waals surface area contributed by atoms with Crippen LogP contribution in [0.4, 0.5) is 5.13 Å². The summed E-state index contributed by atoms with van der Waals surface area (Å²) >= 11 is 3.03. The standard InChI is InChI=1S/C12H16N4OS2/c1-8(11-15-16-12(13)19-11)14-10(17)6-2-4-9-5-3-7-18-9/h3,5,7-8H,2,4,6H2,1H3,(H2,13,16)(H,14,17)/t8-/m1/s1. The van der Waals surface area contributed by atoms with Crippen LogP contribution in [-0.2, 0) is 11.2 Å². The van der Waals surface area contributed by atoms with Gasteiger partial charge in [-0.3, -0.25) is 4.79 Å². The molecule has 0 bridgehead atoms. The topological polar surface area (TPSA) is 80.9 Å². The average Bonchev–Trinajstić information content (AvgIpc) is 3.00. The van der Waals surface area contributed by atoms with Crippen molar-refractivity contribution in [2.75, 3.05) is 5.73 Å². The Hall–Kier alpha value is -1.47. The van der Waals surface area contributed by atoms with Gasteiger partial charge >= 0.3 is 0 Å². The first kappa shape index (κ1) is 14.0. The van der Waals surface area contributed by atoms with Gasteiger partial charge in [-0.15, -0.1) is 21.5 Å². The summed E-state index contributed by atoms with van der Waals surface area (Å²) < 4.78 is 0. The Morgan fingerprint density at radius 3 is 3.00 bits per heavy atom. The maximum absolute atomic E-state index is 11.8. The van der Waals surface area contributed by atoms with Gasteiger partial charge in [0, 0.05) is 11.3 Å². The molecule has 2 aromatic rings. The van der Waals surface area contributed by atoms with Gasteiger partial charge in [-0.25, -0.2) is 0 Å². The van der Waals surface area contributed by atoms with Crippen LogP contribution >= 0.6 is 22.7 Å². The molecule has 0 radical (unpaired) electrons. The second-order valence-corrected chi connectivity index (χ2v) is 6.27. The van der Waals surface area contributed by atoms with Crippen molar-refractivity contribution in [2.24, 2.45) is 0 Å². The molecular formula is C12H16N4OS2. The second-order valence-electron chi connectivity index (χ2n) is 4.20. The molecule has 2 aromatic heterocycles. The van der Waals surface area contributed by atoms with Crippen molar-refractivity contribution >= 4 is 33.7 Å². The van der Waals surface area contributed by atoms with Crippen LogP contribution < -0.4 is 11.1 Å². The predicted octanol–water partition coefficient (Wildman–Crippen LogP) is 2.38. The molecule has 0 unspecified atom stereocenters. The molecule has 0 aliphatic heterocycles. The summed E-state index contributed by atoms with van der Waals surface area (Å²) in [6.45, 7) is 1.89. The van der Waals surface area contributed by atoms with Crippen LogP contribution in [0.3, 0.4) is 0 Å². The Kier molecular flexibility index (Phi) is 4.86. The van der Waals surface area contributed by atoms with E-state index in [1.807, 2.05) is 13.0 Å². The number of nitrogens with one attached hydrogen (secondary N) is 1. The molecule has 0 aliphatic rings. The molecule has 0 saturated heterocycles. The zero-order valence-electron chi connectivity index (χ0n) is 10.6. The van der Waals surface area contributed by atoms with Gasteiger partial charge in [0.15, 0.2) is 0 Å². The Labute approximate surface area is 119 Å².